The average molecular weight is 301 g/mol. The predicted molar refractivity (Wildman–Crippen MR) is 58.0 cm³/mol. The van der Waals surface area contributed by atoms with E-state index < -0.39 is 35.2 Å². The molecule has 0 aliphatic rings. The predicted octanol–water partition coefficient (Wildman–Crippen LogP) is 2.43. The molecule has 0 aromatic carbocycles. The molecule has 1 rings (SSSR count). The van der Waals surface area contributed by atoms with Crippen molar-refractivity contribution in [2.45, 2.75) is 6.18 Å². The zero-order chi connectivity index (χ0) is 14.6. The number of carbonyl (C=O) groups is 1. The smallest absolute Gasteiger partial charge is 0.395 e. The van der Waals surface area contributed by atoms with Gasteiger partial charge < -0.3 is 9.32 Å². The van der Waals surface area contributed by atoms with Gasteiger partial charge in [-0.1, -0.05) is 0 Å². The minimum atomic E-state index is -4.60. The first-order valence-corrected chi connectivity index (χ1v) is 5.44. The topological polar surface area (TPSA) is 76.6 Å². The number of amides is 1. The largest absolute Gasteiger partial charge is 0.433 e. The first-order valence-electron chi connectivity index (χ1n) is 4.91. The monoisotopic (exact) mass is 300 g/mol. The molecule has 0 radical (unpaired) electrons. The van der Waals surface area contributed by atoms with Crippen LogP contribution in [0, 0.1) is 10.1 Å². The molecular formula is C9H8ClF3N2O4. The van der Waals surface area contributed by atoms with E-state index in [1.54, 1.807) is 0 Å². The summed E-state index contributed by atoms with van der Waals surface area (Å²) in [6.45, 7) is -1.86. The number of alkyl halides is 4. The van der Waals surface area contributed by atoms with Crippen LogP contribution in [0.4, 0.5) is 19.1 Å². The van der Waals surface area contributed by atoms with Gasteiger partial charge in [0.2, 0.25) is 0 Å². The molecule has 0 atom stereocenters. The van der Waals surface area contributed by atoms with Gasteiger partial charge in [0.25, 0.3) is 5.91 Å². The molecule has 0 aliphatic carbocycles. The molecule has 1 heterocycles. The van der Waals surface area contributed by atoms with Crippen molar-refractivity contribution in [3.8, 4) is 0 Å². The summed E-state index contributed by atoms with van der Waals surface area (Å²) in [6.07, 6.45) is -4.60. The fourth-order valence-electron chi connectivity index (χ4n) is 1.27. The van der Waals surface area contributed by atoms with Crippen molar-refractivity contribution >= 4 is 23.4 Å². The highest BCUT2D eigenvalue weighted by atomic mass is 35.5. The molecule has 0 bridgehead atoms. The maximum atomic E-state index is 12.3. The molecule has 0 saturated carbocycles. The second-order valence-electron chi connectivity index (χ2n) is 3.43. The second kappa shape index (κ2) is 5.91. The lowest BCUT2D eigenvalue weighted by molar-refractivity contribution is -0.402. The van der Waals surface area contributed by atoms with E-state index in [1.165, 1.54) is 0 Å². The lowest BCUT2D eigenvalue weighted by atomic mass is 10.3. The summed E-state index contributed by atoms with van der Waals surface area (Å²) in [4.78, 5) is 21.6. The van der Waals surface area contributed by atoms with Crippen molar-refractivity contribution in [2.24, 2.45) is 0 Å². The molecule has 0 spiro atoms. The summed E-state index contributed by atoms with van der Waals surface area (Å²) in [6, 6.07) is 1.83. The van der Waals surface area contributed by atoms with Gasteiger partial charge in [-0.15, -0.1) is 11.6 Å². The van der Waals surface area contributed by atoms with E-state index in [0.717, 1.165) is 12.1 Å². The third-order valence-corrected chi connectivity index (χ3v) is 2.16. The third kappa shape index (κ3) is 4.43. The number of nitro groups is 1. The minimum Gasteiger partial charge on any atom is -0.395 e. The molecule has 106 valence electrons. The van der Waals surface area contributed by atoms with Gasteiger partial charge >= 0.3 is 12.1 Å². The van der Waals surface area contributed by atoms with E-state index in [0.29, 0.717) is 4.90 Å². The van der Waals surface area contributed by atoms with Crippen molar-refractivity contribution in [3.63, 3.8) is 0 Å². The summed E-state index contributed by atoms with van der Waals surface area (Å²) in [5, 5.41) is 10.3. The van der Waals surface area contributed by atoms with E-state index in [4.69, 9.17) is 11.6 Å². The zero-order valence-corrected chi connectivity index (χ0v) is 10.1. The van der Waals surface area contributed by atoms with Crippen LogP contribution >= 0.6 is 11.6 Å². The molecule has 0 N–H and O–H groups in total. The lowest BCUT2D eigenvalue weighted by Gasteiger charge is -2.21. The highest BCUT2D eigenvalue weighted by Gasteiger charge is 2.34. The van der Waals surface area contributed by atoms with E-state index in [1.807, 2.05) is 0 Å². The summed E-state index contributed by atoms with van der Waals surface area (Å²) in [5.41, 5.74) is 0. The summed E-state index contributed by atoms with van der Waals surface area (Å²) >= 11 is 5.31. The van der Waals surface area contributed by atoms with Crippen LogP contribution in [-0.4, -0.2) is 40.9 Å². The molecular weight excluding hydrogens is 293 g/mol. The molecule has 1 aromatic heterocycles. The van der Waals surface area contributed by atoms with Crippen LogP contribution in [0.3, 0.4) is 0 Å². The van der Waals surface area contributed by atoms with Crippen molar-refractivity contribution < 1.29 is 27.3 Å². The van der Waals surface area contributed by atoms with Gasteiger partial charge in [-0.2, -0.15) is 13.2 Å². The van der Waals surface area contributed by atoms with Crippen LogP contribution in [-0.2, 0) is 0 Å². The average Bonchev–Trinajstić information content (AvgIpc) is 2.75. The van der Waals surface area contributed by atoms with E-state index in [2.05, 4.69) is 4.42 Å². The van der Waals surface area contributed by atoms with E-state index >= 15 is 0 Å². The number of rotatable bonds is 5. The summed E-state index contributed by atoms with van der Waals surface area (Å²) < 4.78 is 41.3. The molecule has 19 heavy (non-hydrogen) atoms. The number of hydrogen-bond donors (Lipinski definition) is 0. The summed E-state index contributed by atoms with van der Waals surface area (Å²) in [7, 11) is 0. The molecule has 1 aromatic rings. The van der Waals surface area contributed by atoms with Crippen LogP contribution < -0.4 is 0 Å². The van der Waals surface area contributed by atoms with Crippen molar-refractivity contribution in [2.75, 3.05) is 19.0 Å². The van der Waals surface area contributed by atoms with Crippen molar-refractivity contribution in [1.82, 2.24) is 4.90 Å². The van der Waals surface area contributed by atoms with Crippen LogP contribution in [0.5, 0.6) is 0 Å². The molecule has 0 saturated heterocycles. The van der Waals surface area contributed by atoms with Gasteiger partial charge in [0.15, 0.2) is 5.76 Å². The molecule has 6 nitrogen and oxygen atoms in total. The van der Waals surface area contributed by atoms with Gasteiger partial charge in [0, 0.05) is 12.4 Å². The Bertz CT molecular complexity index is 474. The molecule has 0 aliphatic heterocycles. The van der Waals surface area contributed by atoms with Gasteiger partial charge in [0.05, 0.1) is 6.07 Å². The number of hydrogen-bond acceptors (Lipinski definition) is 4. The molecule has 1 amide bonds. The Labute approximate surface area is 109 Å². The van der Waals surface area contributed by atoms with E-state index in [9.17, 15) is 28.1 Å². The first-order chi connectivity index (χ1) is 8.74. The Morgan fingerprint density at radius 1 is 1.47 bits per heavy atom. The standard InChI is InChI=1S/C9H8ClF3N2O4/c10-3-4-14(5-9(11,12)13)8(16)6-1-2-7(19-6)15(17)18/h1-2H,3-5H2. The zero-order valence-electron chi connectivity index (χ0n) is 9.32. The molecule has 0 unspecified atom stereocenters. The van der Waals surface area contributed by atoms with Gasteiger partial charge in [-0.25, -0.2) is 0 Å². The van der Waals surface area contributed by atoms with Crippen LogP contribution in [0.15, 0.2) is 16.5 Å². The Balaban J connectivity index is 2.89. The fourth-order valence-corrected chi connectivity index (χ4v) is 1.47. The Morgan fingerprint density at radius 2 is 2.11 bits per heavy atom. The normalized spacial score (nSPS) is 11.4. The second-order valence-corrected chi connectivity index (χ2v) is 3.80. The quantitative estimate of drug-likeness (QED) is 0.475. The van der Waals surface area contributed by atoms with Crippen molar-refractivity contribution in [1.29, 1.82) is 0 Å². The Morgan fingerprint density at radius 3 is 2.53 bits per heavy atom. The van der Waals surface area contributed by atoms with Gasteiger partial charge in [-0.3, -0.25) is 14.9 Å². The highest BCUT2D eigenvalue weighted by Crippen LogP contribution is 2.21. The number of halogens is 4. The maximum Gasteiger partial charge on any atom is 0.433 e. The summed E-state index contributed by atoms with van der Waals surface area (Å²) in [5.74, 6) is -2.57. The number of nitrogens with zero attached hydrogens (tertiary/aromatic N) is 2. The van der Waals surface area contributed by atoms with Gasteiger partial charge in [-0.05, 0) is 6.07 Å². The Kier molecular flexibility index (Phi) is 4.76. The first kappa shape index (κ1) is 15.3. The minimum absolute atomic E-state index is 0.204. The number of carbonyl (C=O) groups excluding carboxylic acids is 1. The Hall–Kier alpha value is -1.77. The van der Waals surface area contributed by atoms with E-state index in [-0.39, 0.29) is 12.4 Å². The van der Waals surface area contributed by atoms with Crippen LogP contribution in [0.2, 0.25) is 0 Å². The molecule has 0 fully saturated rings. The fraction of sp³-hybridized carbons (Fsp3) is 0.444. The molecule has 10 heteroatoms. The highest BCUT2D eigenvalue weighted by molar-refractivity contribution is 6.18. The number of furan rings is 1. The SMILES string of the molecule is O=C(c1ccc([N+](=O)[O-])o1)N(CCCl)CC(F)(F)F. The maximum absolute atomic E-state index is 12.3. The third-order valence-electron chi connectivity index (χ3n) is 1.99. The van der Waals surface area contributed by atoms with Gasteiger partial charge in [0.1, 0.15) is 11.5 Å². The van der Waals surface area contributed by atoms with Crippen LogP contribution in [0.1, 0.15) is 10.6 Å². The van der Waals surface area contributed by atoms with Crippen molar-refractivity contribution in [3.05, 3.63) is 28.0 Å². The van der Waals surface area contributed by atoms with Crippen LogP contribution in [0.25, 0.3) is 0 Å². The lowest BCUT2D eigenvalue weighted by Crippen LogP contribution is -2.40.